The molecule has 2 aliphatic rings. The minimum absolute atomic E-state index is 0.354. The topological polar surface area (TPSA) is 46.3 Å². The first-order chi connectivity index (χ1) is 8.31. The third-order valence-corrected chi connectivity index (χ3v) is 4.45. The van der Waals surface area contributed by atoms with Gasteiger partial charge in [-0.05, 0) is 31.6 Å². The molecule has 98 valence electrons. The fraction of sp³-hybridized carbons (Fsp3) is 0.929. The van der Waals surface area contributed by atoms with E-state index in [1.165, 1.54) is 44.9 Å². The Kier molecular flexibility index (Phi) is 4.84. The van der Waals surface area contributed by atoms with Crippen LogP contribution in [0.2, 0.25) is 0 Å². The Bertz CT molecular complexity index is 245. The molecule has 0 aromatic rings. The molecule has 2 saturated carbocycles. The van der Waals surface area contributed by atoms with E-state index in [4.69, 9.17) is 5.73 Å². The van der Waals surface area contributed by atoms with Gasteiger partial charge in [-0.1, -0.05) is 25.7 Å². The molecule has 0 aliphatic heterocycles. The average molecular weight is 238 g/mol. The average Bonchev–Trinajstić information content (AvgIpc) is 2.75. The van der Waals surface area contributed by atoms with Crippen LogP contribution in [-0.4, -0.2) is 29.9 Å². The fourth-order valence-corrected chi connectivity index (χ4v) is 3.12. The molecule has 0 bridgehead atoms. The number of hydrogen-bond acceptors (Lipinski definition) is 2. The highest BCUT2D eigenvalue weighted by atomic mass is 16.2. The summed E-state index contributed by atoms with van der Waals surface area (Å²) >= 11 is 0. The molecule has 17 heavy (non-hydrogen) atoms. The van der Waals surface area contributed by atoms with E-state index in [0.717, 1.165) is 25.3 Å². The highest BCUT2D eigenvalue weighted by Crippen LogP contribution is 2.30. The molecule has 2 fully saturated rings. The van der Waals surface area contributed by atoms with E-state index in [0.29, 0.717) is 18.5 Å². The predicted molar refractivity (Wildman–Crippen MR) is 69.6 cm³/mol. The van der Waals surface area contributed by atoms with E-state index in [1.807, 2.05) is 0 Å². The normalized spacial score (nSPS) is 21.5. The Morgan fingerprint density at radius 3 is 2.35 bits per heavy atom. The second kappa shape index (κ2) is 6.39. The first-order valence-electron chi connectivity index (χ1n) is 7.31. The van der Waals surface area contributed by atoms with E-state index in [1.54, 1.807) is 0 Å². The van der Waals surface area contributed by atoms with E-state index in [9.17, 15) is 4.79 Å². The van der Waals surface area contributed by atoms with Gasteiger partial charge in [-0.3, -0.25) is 4.79 Å². The van der Waals surface area contributed by atoms with Crippen molar-refractivity contribution in [3.8, 4) is 0 Å². The van der Waals surface area contributed by atoms with Crippen LogP contribution < -0.4 is 5.73 Å². The molecule has 2 N–H and O–H groups in total. The lowest BCUT2D eigenvalue weighted by molar-refractivity contribution is -0.135. The van der Waals surface area contributed by atoms with Crippen LogP contribution in [0.15, 0.2) is 0 Å². The van der Waals surface area contributed by atoms with Crippen molar-refractivity contribution in [2.24, 2.45) is 11.7 Å². The largest absolute Gasteiger partial charge is 0.338 e. The zero-order chi connectivity index (χ0) is 12.1. The summed E-state index contributed by atoms with van der Waals surface area (Å²) in [6, 6.07) is 0.509. The standard InChI is InChI=1S/C14H26N2O/c15-10-11-16(13-6-3-7-13)14(17)9-8-12-4-1-2-5-12/h12-13H,1-11,15H2. The highest BCUT2D eigenvalue weighted by molar-refractivity contribution is 5.76. The van der Waals surface area contributed by atoms with Crippen molar-refractivity contribution in [2.45, 2.75) is 63.8 Å². The molecular weight excluding hydrogens is 212 g/mol. The van der Waals surface area contributed by atoms with E-state index >= 15 is 0 Å². The molecule has 0 unspecified atom stereocenters. The first kappa shape index (κ1) is 12.9. The molecule has 2 aliphatic carbocycles. The van der Waals surface area contributed by atoms with Gasteiger partial charge in [0, 0.05) is 25.6 Å². The second-order valence-electron chi connectivity index (χ2n) is 5.65. The Hall–Kier alpha value is -0.570. The van der Waals surface area contributed by atoms with Crippen LogP contribution in [0.1, 0.15) is 57.8 Å². The maximum atomic E-state index is 12.2. The van der Waals surface area contributed by atoms with Crippen molar-refractivity contribution in [3.05, 3.63) is 0 Å². The van der Waals surface area contributed by atoms with Crippen LogP contribution in [0.5, 0.6) is 0 Å². The lowest BCUT2D eigenvalue weighted by atomic mass is 9.90. The molecule has 0 aromatic carbocycles. The maximum absolute atomic E-state index is 12.2. The Morgan fingerprint density at radius 1 is 1.12 bits per heavy atom. The second-order valence-corrected chi connectivity index (χ2v) is 5.65. The summed E-state index contributed by atoms with van der Waals surface area (Å²) in [4.78, 5) is 14.2. The van der Waals surface area contributed by atoms with Gasteiger partial charge in [0.1, 0.15) is 0 Å². The molecule has 0 aromatic heterocycles. The van der Waals surface area contributed by atoms with E-state index in [2.05, 4.69) is 4.90 Å². The van der Waals surface area contributed by atoms with Crippen molar-refractivity contribution in [1.82, 2.24) is 4.90 Å². The zero-order valence-corrected chi connectivity index (χ0v) is 10.9. The fourth-order valence-electron chi connectivity index (χ4n) is 3.12. The van der Waals surface area contributed by atoms with Crippen LogP contribution in [0.4, 0.5) is 0 Å². The first-order valence-corrected chi connectivity index (χ1v) is 7.31. The highest BCUT2D eigenvalue weighted by Gasteiger charge is 2.28. The number of rotatable bonds is 6. The van der Waals surface area contributed by atoms with Crippen LogP contribution in [-0.2, 0) is 4.79 Å². The summed E-state index contributed by atoms with van der Waals surface area (Å²) in [6.07, 6.45) is 10.9. The minimum Gasteiger partial charge on any atom is -0.338 e. The quantitative estimate of drug-likeness (QED) is 0.771. The molecule has 1 amide bonds. The summed E-state index contributed by atoms with van der Waals surface area (Å²) < 4.78 is 0. The Balaban J connectivity index is 1.74. The van der Waals surface area contributed by atoms with Gasteiger partial charge in [-0.2, -0.15) is 0 Å². The number of nitrogens with two attached hydrogens (primary N) is 1. The van der Waals surface area contributed by atoms with Gasteiger partial charge < -0.3 is 10.6 Å². The van der Waals surface area contributed by atoms with Crippen molar-refractivity contribution >= 4 is 5.91 Å². The molecule has 0 atom stereocenters. The molecule has 0 heterocycles. The van der Waals surface area contributed by atoms with Crippen molar-refractivity contribution < 1.29 is 4.79 Å². The molecule has 2 rings (SSSR count). The van der Waals surface area contributed by atoms with Gasteiger partial charge in [0.15, 0.2) is 0 Å². The summed E-state index contributed by atoms with van der Waals surface area (Å²) in [5, 5.41) is 0. The van der Waals surface area contributed by atoms with Crippen molar-refractivity contribution in [1.29, 1.82) is 0 Å². The predicted octanol–water partition coefficient (Wildman–Crippen LogP) is 2.30. The summed E-state index contributed by atoms with van der Waals surface area (Å²) in [5.41, 5.74) is 5.61. The van der Waals surface area contributed by atoms with Gasteiger partial charge in [-0.15, -0.1) is 0 Å². The van der Waals surface area contributed by atoms with Gasteiger partial charge in [0.2, 0.25) is 5.91 Å². The molecule has 0 spiro atoms. The monoisotopic (exact) mass is 238 g/mol. The smallest absolute Gasteiger partial charge is 0.222 e. The number of carbonyl (C=O) groups is 1. The van der Waals surface area contributed by atoms with Gasteiger partial charge >= 0.3 is 0 Å². The molecule has 0 saturated heterocycles. The lowest BCUT2D eigenvalue weighted by Crippen LogP contribution is -2.46. The van der Waals surface area contributed by atoms with E-state index in [-0.39, 0.29) is 0 Å². The third kappa shape index (κ3) is 3.44. The third-order valence-electron chi connectivity index (χ3n) is 4.45. The molecule has 3 nitrogen and oxygen atoms in total. The molecular formula is C14H26N2O. The van der Waals surface area contributed by atoms with E-state index < -0.39 is 0 Å². The van der Waals surface area contributed by atoms with Gasteiger partial charge in [0.25, 0.3) is 0 Å². The number of nitrogens with zero attached hydrogens (tertiary/aromatic N) is 1. The van der Waals surface area contributed by atoms with Gasteiger partial charge in [0.05, 0.1) is 0 Å². The molecule has 3 heteroatoms. The van der Waals surface area contributed by atoms with Crippen LogP contribution >= 0.6 is 0 Å². The summed E-state index contributed by atoms with van der Waals surface area (Å²) in [6.45, 7) is 1.36. The SMILES string of the molecule is NCCN(C(=O)CCC1CCCC1)C1CCC1. The van der Waals surface area contributed by atoms with Crippen LogP contribution in [0.25, 0.3) is 0 Å². The summed E-state index contributed by atoms with van der Waals surface area (Å²) in [7, 11) is 0. The van der Waals surface area contributed by atoms with Gasteiger partial charge in [-0.25, -0.2) is 0 Å². The Labute approximate surface area is 105 Å². The Morgan fingerprint density at radius 2 is 1.82 bits per heavy atom. The maximum Gasteiger partial charge on any atom is 0.222 e. The van der Waals surface area contributed by atoms with Crippen molar-refractivity contribution in [2.75, 3.05) is 13.1 Å². The van der Waals surface area contributed by atoms with Crippen LogP contribution in [0, 0.1) is 5.92 Å². The minimum atomic E-state index is 0.354. The number of carbonyl (C=O) groups excluding carboxylic acids is 1. The number of amides is 1. The van der Waals surface area contributed by atoms with Crippen molar-refractivity contribution in [3.63, 3.8) is 0 Å². The lowest BCUT2D eigenvalue weighted by Gasteiger charge is -2.37. The number of hydrogen-bond donors (Lipinski definition) is 1. The molecule has 0 radical (unpaired) electrons. The van der Waals surface area contributed by atoms with Crippen LogP contribution in [0.3, 0.4) is 0 Å². The zero-order valence-electron chi connectivity index (χ0n) is 10.9. The summed E-state index contributed by atoms with van der Waals surface area (Å²) in [5.74, 6) is 1.17.